The third kappa shape index (κ3) is 3.94. The quantitative estimate of drug-likeness (QED) is 0.245. The molecule has 0 amide bonds. The minimum Gasteiger partial charge on any atom is -0.507 e. The fourth-order valence-electron chi connectivity index (χ4n) is 6.24. The molecule has 1 nitrogen and oxygen atoms in total. The van der Waals surface area contributed by atoms with Crippen molar-refractivity contribution in [2.24, 2.45) is 0 Å². The summed E-state index contributed by atoms with van der Waals surface area (Å²) in [6.45, 7) is 0. The Bertz CT molecular complexity index is 2270. The summed E-state index contributed by atoms with van der Waals surface area (Å²) in [5.41, 5.74) is 6.02. The molecule has 0 aromatic heterocycles. The Labute approximate surface area is 238 Å². The highest BCUT2D eigenvalue weighted by Crippen LogP contribution is 2.47. The highest BCUT2D eigenvalue weighted by atomic mass is 16.3. The highest BCUT2D eigenvalue weighted by Gasteiger charge is 2.19. The largest absolute Gasteiger partial charge is 0.507 e. The van der Waals surface area contributed by atoms with Crippen molar-refractivity contribution in [2.45, 2.75) is 0 Å². The number of benzene rings is 8. The van der Waals surface area contributed by atoms with Gasteiger partial charge in [-0.15, -0.1) is 0 Å². The molecule has 0 aliphatic heterocycles. The SMILES string of the molecule is Oc1c(-c2ccc3ccccc3c2)cc2ccccc2c1-c1cc(-c2ccc3ccccc3c2)cc2ccccc12. The van der Waals surface area contributed by atoms with E-state index in [2.05, 4.69) is 152 Å². The van der Waals surface area contributed by atoms with Gasteiger partial charge in [0.25, 0.3) is 0 Å². The van der Waals surface area contributed by atoms with E-state index in [1.807, 2.05) is 0 Å². The fraction of sp³-hybridized carbons (Fsp3) is 0. The van der Waals surface area contributed by atoms with E-state index < -0.39 is 0 Å². The van der Waals surface area contributed by atoms with Crippen LogP contribution in [0.5, 0.6) is 5.75 Å². The molecule has 1 heteroatoms. The van der Waals surface area contributed by atoms with Gasteiger partial charge in [0.15, 0.2) is 0 Å². The summed E-state index contributed by atoms with van der Waals surface area (Å²) in [6.07, 6.45) is 0. The van der Waals surface area contributed by atoms with Gasteiger partial charge >= 0.3 is 0 Å². The van der Waals surface area contributed by atoms with Crippen LogP contribution in [0.3, 0.4) is 0 Å². The highest BCUT2D eigenvalue weighted by molar-refractivity contribution is 6.12. The second kappa shape index (κ2) is 9.36. The molecule has 0 heterocycles. The smallest absolute Gasteiger partial charge is 0.131 e. The predicted molar refractivity (Wildman–Crippen MR) is 174 cm³/mol. The van der Waals surface area contributed by atoms with Crippen molar-refractivity contribution in [3.63, 3.8) is 0 Å². The van der Waals surface area contributed by atoms with Crippen molar-refractivity contribution in [3.8, 4) is 39.1 Å². The van der Waals surface area contributed by atoms with Gasteiger partial charge in [-0.25, -0.2) is 0 Å². The van der Waals surface area contributed by atoms with Gasteiger partial charge in [0.1, 0.15) is 5.75 Å². The first-order valence-corrected chi connectivity index (χ1v) is 14.0. The van der Waals surface area contributed by atoms with Crippen LogP contribution in [0, 0.1) is 0 Å². The van der Waals surface area contributed by atoms with Crippen molar-refractivity contribution in [1.29, 1.82) is 0 Å². The zero-order valence-electron chi connectivity index (χ0n) is 22.4. The molecule has 0 unspecified atom stereocenters. The molecule has 192 valence electrons. The van der Waals surface area contributed by atoms with Crippen LogP contribution in [-0.4, -0.2) is 5.11 Å². The first-order chi connectivity index (χ1) is 20.2. The molecule has 0 bridgehead atoms. The lowest BCUT2D eigenvalue weighted by Gasteiger charge is -2.18. The average molecular weight is 523 g/mol. The number of hydrogen-bond donors (Lipinski definition) is 1. The third-order valence-corrected chi connectivity index (χ3v) is 8.30. The topological polar surface area (TPSA) is 20.2 Å². The van der Waals surface area contributed by atoms with Crippen molar-refractivity contribution in [2.75, 3.05) is 0 Å². The van der Waals surface area contributed by atoms with Gasteiger partial charge in [-0.1, -0.05) is 121 Å². The van der Waals surface area contributed by atoms with Crippen molar-refractivity contribution >= 4 is 43.1 Å². The molecule has 41 heavy (non-hydrogen) atoms. The molecule has 0 fully saturated rings. The van der Waals surface area contributed by atoms with E-state index in [0.717, 1.165) is 60.3 Å². The molecule has 0 aliphatic carbocycles. The van der Waals surface area contributed by atoms with E-state index in [0.29, 0.717) is 5.75 Å². The lowest BCUT2D eigenvalue weighted by Crippen LogP contribution is -1.91. The molecule has 0 saturated heterocycles. The second-order valence-electron chi connectivity index (χ2n) is 10.7. The van der Waals surface area contributed by atoms with Gasteiger partial charge in [0.05, 0.1) is 0 Å². The lowest BCUT2D eigenvalue weighted by molar-refractivity contribution is 0.480. The lowest BCUT2D eigenvalue weighted by atomic mass is 9.87. The van der Waals surface area contributed by atoms with Gasteiger partial charge in [-0.05, 0) is 95.7 Å². The van der Waals surface area contributed by atoms with E-state index in [1.165, 1.54) is 16.2 Å². The van der Waals surface area contributed by atoms with Crippen LogP contribution in [0.15, 0.2) is 152 Å². The minimum atomic E-state index is 0.305. The summed E-state index contributed by atoms with van der Waals surface area (Å²) < 4.78 is 0. The van der Waals surface area contributed by atoms with Crippen molar-refractivity contribution in [1.82, 2.24) is 0 Å². The number of phenolic OH excluding ortho intramolecular Hbond substituents is 1. The van der Waals surface area contributed by atoms with Crippen molar-refractivity contribution < 1.29 is 5.11 Å². The second-order valence-corrected chi connectivity index (χ2v) is 10.7. The Balaban J connectivity index is 1.43. The van der Waals surface area contributed by atoms with Crippen molar-refractivity contribution in [3.05, 3.63) is 152 Å². The number of phenols is 1. The summed E-state index contributed by atoms with van der Waals surface area (Å²) in [5.74, 6) is 0.305. The van der Waals surface area contributed by atoms with E-state index >= 15 is 0 Å². The van der Waals surface area contributed by atoms with E-state index in [1.54, 1.807) is 0 Å². The molecule has 0 radical (unpaired) electrons. The Morgan fingerprint density at radius 3 is 1.49 bits per heavy atom. The summed E-state index contributed by atoms with van der Waals surface area (Å²) in [5, 5.41) is 21.3. The van der Waals surface area contributed by atoms with Gasteiger partial charge in [-0.3, -0.25) is 0 Å². The summed E-state index contributed by atoms with van der Waals surface area (Å²) in [4.78, 5) is 0. The van der Waals surface area contributed by atoms with Crippen LogP contribution in [0.2, 0.25) is 0 Å². The fourth-order valence-corrected chi connectivity index (χ4v) is 6.24. The van der Waals surface area contributed by atoms with Crippen LogP contribution in [0.1, 0.15) is 0 Å². The third-order valence-electron chi connectivity index (χ3n) is 8.30. The van der Waals surface area contributed by atoms with Gasteiger partial charge in [-0.2, -0.15) is 0 Å². The van der Waals surface area contributed by atoms with Crippen LogP contribution in [0.4, 0.5) is 0 Å². The summed E-state index contributed by atoms with van der Waals surface area (Å²) in [6, 6.07) is 53.4. The molecule has 8 rings (SSSR count). The van der Waals surface area contributed by atoms with Crippen LogP contribution < -0.4 is 0 Å². The Morgan fingerprint density at radius 1 is 0.317 bits per heavy atom. The Hall–Kier alpha value is -5.40. The Morgan fingerprint density at radius 2 is 0.805 bits per heavy atom. The number of rotatable bonds is 3. The number of aromatic hydroxyl groups is 1. The molecular formula is C40H26O. The summed E-state index contributed by atoms with van der Waals surface area (Å²) in [7, 11) is 0. The maximum atomic E-state index is 12.1. The van der Waals surface area contributed by atoms with Crippen LogP contribution in [0.25, 0.3) is 76.5 Å². The number of fused-ring (bicyclic) bond motifs is 4. The zero-order valence-corrected chi connectivity index (χ0v) is 22.4. The molecule has 0 atom stereocenters. The van der Waals surface area contributed by atoms with Crippen LogP contribution >= 0.6 is 0 Å². The predicted octanol–water partition coefficient (Wildman–Crippen LogP) is 11.0. The van der Waals surface area contributed by atoms with Gasteiger partial charge in [0, 0.05) is 11.1 Å². The van der Waals surface area contributed by atoms with Gasteiger partial charge < -0.3 is 5.11 Å². The average Bonchev–Trinajstić information content (AvgIpc) is 3.03. The molecule has 0 saturated carbocycles. The standard InChI is InChI=1S/C40H26O/c41-40-37(33-20-18-27-10-2-4-12-29(27)22-33)24-32-14-6-8-16-36(32)39(40)38-25-34(23-31-13-5-7-15-35(31)38)30-19-17-26-9-1-3-11-28(26)21-30/h1-25,41H. The maximum absolute atomic E-state index is 12.1. The van der Waals surface area contributed by atoms with E-state index in [9.17, 15) is 5.11 Å². The maximum Gasteiger partial charge on any atom is 0.131 e. The molecular weight excluding hydrogens is 496 g/mol. The minimum absolute atomic E-state index is 0.305. The normalized spacial score (nSPS) is 11.5. The zero-order chi connectivity index (χ0) is 27.3. The first kappa shape index (κ1) is 23.5. The van der Waals surface area contributed by atoms with E-state index in [4.69, 9.17) is 0 Å². The molecule has 1 N–H and O–H groups in total. The summed E-state index contributed by atoms with van der Waals surface area (Å²) >= 11 is 0. The molecule has 0 aliphatic rings. The van der Waals surface area contributed by atoms with Crippen LogP contribution in [-0.2, 0) is 0 Å². The first-order valence-electron chi connectivity index (χ1n) is 14.0. The molecule has 8 aromatic carbocycles. The molecule has 0 spiro atoms. The molecule has 8 aromatic rings. The van der Waals surface area contributed by atoms with Gasteiger partial charge in [0.2, 0.25) is 0 Å². The number of hydrogen-bond acceptors (Lipinski definition) is 1. The monoisotopic (exact) mass is 522 g/mol. The van der Waals surface area contributed by atoms with E-state index in [-0.39, 0.29) is 0 Å². The Kier molecular flexibility index (Phi) is 5.36.